The van der Waals surface area contributed by atoms with E-state index in [0.717, 1.165) is 38.4 Å². The summed E-state index contributed by atoms with van der Waals surface area (Å²) in [7, 11) is 0. The van der Waals surface area contributed by atoms with Crippen molar-refractivity contribution < 1.29 is 9.32 Å². The smallest absolute Gasteiger partial charge is 0.256 e. The highest BCUT2D eigenvalue weighted by atomic mass is 16.5. The van der Waals surface area contributed by atoms with E-state index in [0.29, 0.717) is 17.9 Å². The molecule has 6 nitrogen and oxygen atoms in total. The van der Waals surface area contributed by atoms with Crippen LogP contribution in [0.25, 0.3) is 0 Å². The fraction of sp³-hybridized carbons (Fsp3) is 0.789. The number of piperazine rings is 1. The molecular weight excluding hydrogens is 316 g/mol. The van der Waals surface area contributed by atoms with Gasteiger partial charge in [0.05, 0.1) is 0 Å². The number of nitrogens with one attached hydrogen (secondary N) is 1. The van der Waals surface area contributed by atoms with E-state index < -0.39 is 0 Å². The maximum atomic E-state index is 12.8. The van der Waals surface area contributed by atoms with Gasteiger partial charge in [-0.05, 0) is 27.3 Å². The Morgan fingerprint density at radius 2 is 1.76 bits per heavy atom. The van der Waals surface area contributed by atoms with Crippen LogP contribution in [0.15, 0.2) is 4.52 Å². The Kier molecular flexibility index (Phi) is 5.94. The lowest BCUT2D eigenvalue weighted by molar-refractivity contribution is 0.0521. The first-order valence-corrected chi connectivity index (χ1v) is 9.28. The summed E-state index contributed by atoms with van der Waals surface area (Å²) in [6.45, 7) is 20.5. The van der Waals surface area contributed by atoms with Crippen molar-refractivity contribution in [3.05, 3.63) is 17.0 Å². The lowest BCUT2D eigenvalue weighted by Gasteiger charge is -2.44. The largest absolute Gasteiger partial charge is 0.361 e. The number of aromatic nitrogens is 1. The quantitative estimate of drug-likeness (QED) is 0.884. The lowest BCUT2D eigenvalue weighted by Crippen LogP contribution is -2.58. The Bertz CT molecular complexity index is 593. The predicted octanol–water partition coefficient (Wildman–Crippen LogP) is 2.43. The van der Waals surface area contributed by atoms with Gasteiger partial charge in [0.1, 0.15) is 17.0 Å². The molecule has 0 saturated carbocycles. The molecule has 1 aromatic heterocycles. The van der Waals surface area contributed by atoms with Crippen LogP contribution in [-0.4, -0.2) is 65.7 Å². The van der Waals surface area contributed by atoms with Gasteiger partial charge in [-0.1, -0.05) is 32.9 Å². The number of carbonyl (C=O) groups excluding carboxylic acids is 1. The molecule has 2 heterocycles. The molecule has 0 unspecified atom stereocenters. The Labute approximate surface area is 151 Å². The second kappa shape index (κ2) is 7.46. The van der Waals surface area contributed by atoms with Crippen molar-refractivity contribution in [3.63, 3.8) is 0 Å². The van der Waals surface area contributed by atoms with Gasteiger partial charge in [0.25, 0.3) is 5.91 Å². The number of likely N-dealkylation sites (N-methyl/N-ethyl adjacent to an activating group) is 1. The van der Waals surface area contributed by atoms with Crippen LogP contribution in [0.3, 0.4) is 0 Å². The van der Waals surface area contributed by atoms with Crippen LogP contribution >= 0.6 is 0 Å². The van der Waals surface area contributed by atoms with Gasteiger partial charge in [-0.2, -0.15) is 0 Å². The molecule has 1 saturated heterocycles. The van der Waals surface area contributed by atoms with Crippen molar-refractivity contribution in [2.75, 3.05) is 39.3 Å². The van der Waals surface area contributed by atoms with E-state index in [1.54, 1.807) is 6.92 Å². The van der Waals surface area contributed by atoms with Gasteiger partial charge < -0.3 is 14.7 Å². The minimum absolute atomic E-state index is 0.0809. The minimum atomic E-state index is -0.226. The molecule has 1 fully saturated rings. The molecule has 1 aliphatic rings. The first kappa shape index (κ1) is 19.9. The summed E-state index contributed by atoms with van der Waals surface area (Å²) >= 11 is 0. The van der Waals surface area contributed by atoms with Crippen LogP contribution in [0.4, 0.5) is 0 Å². The highest BCUT2D eigenvalue weighted by Gasteiger charge is 2.32. The van der Waals surface area contributed by atoms with Crippen LogP contribution in [0.1, 0.15) is 63.4 Å². The number of hydrogen-bond donors (Lipinski definition) is 1. The van der Waals surface area contributed by atoms with Crippen LogP contribution in [0.2, 0.25) is 0 Å². The zero-order chi connectivity index (χ0) is 18.8. The zero-order valence-corrected chi connectivity index (χ0v) is 16.9. The number of aryl methyl sites for hydroxylation is 1. The molecule has 1 aromatic rings. The number of carbonyl (C=O) groups is 1. The van der Waals surface area contributed by atoms with E-state index in [2.05, 4.69) is 41.0 Å². The summed E-state index contributed by atoms with van der Waals surface area (Å²) in [6, 6.07) is 0. The van der Waals surface area contributed by atoms with Gasteiger partial charge >= 0.3 is 0 Å². The summed E-state index contributed by atoms with van der Waals surface area (Å²) in [4.78, 5) is 17.7. The Morgan fingerprint density at radius 1 is 1.16 bits per heavy atom. The molecule has 6 heteroatoms. The molecule has 0 aliphatic carbocycles. The molecule has 0 spiro atoms. The standard InChI is InChI=1S/C19H34N4O2/c1-8-22-9-11-23(12-10-22)19(6,7)13-20-17(24)15-14(2)25-21-16(15)18(3,4)5/h8-13H2,1-7H3,(H,20,24). The fourth-order valence-electron chi connectivity index (χ4n) is 3.32. The summed E-state index contributed by atoms with van der Waals surface area (Å²) in [6.07, 6.45) is 0. The van der Waals surface area contributed by atoms with E-state index in [4.69, 9.17) is 4.52 Å². The third-order valence-corrected chi connectivity index (χ3v) is 5.16. The van der Waals surface area contributed by atoms with Gasteiger partial charge in [0.2, 0.25) is 0 Å². The van der Waals surface area contributed by atoms with Crippen molar-refractivity contribution in [2.45, 2.75) is 59.4 Å². The van der Waals surface area contributed by atoms with Crippen molar-refractivity contribution in [1.29, 1.82) is 0 Å². The highest BCUT2D eigenvalue weighted by Crippen LogP contribution is 2.27. The van der Waals surface area contributed by atoms with Gasteiger partial charge in [0, 0.05) is 43.7 Å². The van der Waals surface area contributed by atoms with E-state index in [1.165, 1.54) is 0 Å². The first-order chi connectivity index (χ1) is 11.6. The van der Waals surface area contributed by atoms with Gasteiger partial charge in [-0.25, -0.2) is 0 Å². The Hall–Kier alpha value is -1.40. The van der Waals surface area contributed by atoms with Gasteiger partial charge in [-0.15, -0.1) is 0 Å². The number of amides is 1. The third kappa shape index (κ3) is 4.61. The molecule has 142 valence electrons. The van der Waals surface area contributed by atoms with Crippen LogP contribution in [-0.2, 0) is 5.41 Å². The maximum absolute atomic E-state index is 12.8. The number of nitrogens with zero attached hydrogens (tertiary/aromatic N) is 3. The van der Waals surface area contributed by atoms with Crippen molar-refractivity contribution in [1.82, 2.24) is 20.3 Å². The van der Waals surface area contributed by atoms with E-state index in [-0.39, 0.29) is 16.9 Å². The highest BCUT2D eigenvalue weighted by molar-refractivity contribution is 5.96. The Morgan fingerprint density at radius 3 is 2.28 bits per heavy atom. The fourth-order valence-corrected chi connectivity index (χ4v) is 3.32. The van der Waals surface area contributed by atoms with Crippen LogP contribution in [0.5, 0.6) is 0 Å². The average molecular weight is 351 g/mol. The summed E-state index contributed by atoms with van der Waals surface area (Å²) in [5.74, 6) is 0.487. The molecule has 1 aliphatic heterocycles. The molecule has 2 rings (SSSR count). The Balaban J connectivity index is 2.01. The molecule has 0 aromatic carbocycles. The number of rotatable bonds is 5. The van der Waals surface area contributed by atoms with Gasteiger partial charge in [0.15, 0.2) is 0 Å². The third-order valence-electron chi connectivity index (χ3n) is 5.16. The monoisotopic (exact) mass is 350 g/mol. The average Bonchev–Trinajstić information content (AvgIpc) is 2.95. The van der Waals surface area contributed by atoms with Crippen LogP contribution in [0, 0.1) is 6.92 Å². The van der Waals surface area contributed by atoms with Crippen molar-refractivity contribution >= 4 is 5.91 Å². The predicted molar refractivity (Wildman–Crippen MR) is 100 cm³/mol. The summed E-state index contributed by atoms with van der Waals surface area (Å²) < 4.78 is 5.29. The minimum Gasteiger partial charge on any atom is -0.361 e. The SMILES string of the molecule is CCN1CCN(C(C)(C)CNC(=O)c2c(C(C)(C)C)noc2C)CC1. The van der Waals surface area contributed by atoms with Crippen LogP contribution < -0.4 is 5.32 Å². The van der Waals surface area contributed by atoms with Gasteiger partial charge in [-0.3, -0.25) is 9.69 Å². The molecule has 0 atom stereocenters. The topological polar surface area (TPSA) is 61.6 Å². The molecule has 25 heavy (non-hydrogen) atoms. The molecule has 0 radical (unpaired) electrons. The maximum Gasteiger partial charge on any atom is 0.256 e. The molecular formula is C19H34N4O2. The lowest BCUT2D eigenvalue weighted by atomic mass is 9.88. The summed E-state index contributed by atoms with van der Waals surface area (Å²) in [5.41, 5.74) is 0.995. The molecule has 1 amide bonds. The zero-order valence-electron chi connectivity index (χ0n) is 16.9. The van der Waals surface area contributed by atoms with E-state index in [1.807, 2.05) is 20.8 Å². The second-order valence-corrected chi connectivity index (χ2v) is 8.63. The molecule has 1 N–H and O–H groups in total. The van der Waals surface area contributed by atoms with Crippen molar-refractivity contribution in [3.8, 4) is 0 Å². The number of hydrogen-bond acceptors (Lipinski definition) is 5. The molecule has 0 bridgehead atoms. The normalized spacial score (nSPS) is 17.7. The summed E-state index contributed by atoms with van der Waals surface area (Å²) in [5, 5.41) is 7.22. The first-order valence-electron chi connectivity index (χ1n) is 9.28. The van der Waals surface area contributed by atoms with E-state index >= 15 is 0 Å². The second-order valence-electron chi connectivity index (χ2n) is 8.63. The van der Waals surface area contributed by atoms with E-state index in [9.17, 15) is 4.79 Å². The van der Waals surface area contributed by atoms with Crippen molar-refractivity contribution in [2.24, 2.45) is 0 Å².